The predicted octanol–water partition coefficient (Wildman–Crippen LogP) is 3.20. The zero-order chi connectivity index (χ0) is 20.4. The van der Waals surface area contributed by atoms with Crippen molar-refractivity contribution in [2.45, 2.75) is 18.9 Å². The number of carbonyl (C=O) groups excluding carboxylic acids is 1. The number of likely N-dealkylation sites (N-methyl/N-ethyl adjacent to an activating group) is 1. The van der Waals surface area contributed by atoms with Crippen LogP contribution in [0, 0.1) is 0 Å². The molecule has 10 heteroatoms. The molecule has 1 saturated heterocycles. The highest BCUT2D eigenvalue weighted by atomic mass is 35.5. The van der Waals surface area contributed by atoms with Crippen LogP contribution in [-0.4, -0.2) is 63.7 Å². The van der Waals surface area contributed by atoms with E-state index in [-0.39, 0.29) is 18.5 Å². The third-order valence-electron chi connectivity index (χ3n) is 5.16. The lowest BCUT2D eigenvalue weighted by atomic mass is 10.0. The Bertz CT molecular complexity index is 1000. The van der Waals surface area contributed by atoms with Crippen LogP contribution >= 0.6 is 23.2 Å². The number of amides is 1. The summed E-state index contributed by atoms with van der Waals surface area (Å²) in [5.41, 5.74) is 1.43. The lowest BCUT2D eigenvalue weighted by Crippen LogP contribution is -2.50. The SMILES string of the molecule is CN(c1ncnc2[nH]ncc12)C1CCCN(C(=O)CNc2cc(Cl)cc(Cl)c2)C1. The molecule has 1 amide bonds. The van der Waals surface area contributed by atoms with Gasteiger partial charge in [-0.05, 0) is 31.0 Å². The number of anilines is 2. The Morgan fingerprint density at radius 1 is 1.31 bits per heavy atom. The maximum absolute atomic E-state index is 12.8. The number of carbonyl (C=O) groups is 1. The highest BCUT2D eigenvalue weighted by Gasteiger charge is 2.27. The second kappa shape index (κ2) is 8.42. The van der Waals surface area contributed by atoms with Crippen molar-refractivity contribution < 1.29 is 4.79 Å². The molecule has 2 N–H and O–H groups in total. The summed E-state index contributed by atoms with van der Waals surface area (Å²) in [6, 6.07) is 5.32. The van der Waals surface area contributed by atoms with E-state index in [0.29, 0.717) is 22.2 Å². The first-order chi connectivity index (χ1) is 14.0. The highest BCUT2D eigenvalue weighted by molar-refractivity contribution is 6.35. The molecule has 0 bridgehead atoms. The van der Waals surface area contributed by atoms with Gasteiger partial charge in [0.25, 0.3) is 0 Å². The lowest BCUT2D eigenvalue weighted by Gasteiger charge is -2.38. The summed E-state index contributed by atoms with van der Waals surface area (Å²) in [6.07, 6.45) is 5.18. The van der Waals surface area contributed by atoms with Crippen LogP contribution in [0.1, 0.15) is 12.8 Å². The third kappa shape index (κ3) is 4.38. The van der Waals surface area contributed by atoms with Gasteiger partial charge >= 0.3 is 0 Å². The molecule has 1 unspecified atom stereocenters. The summed E-state index contributed by atoms with van der Waals surface area (Å²) in [6.45, 7) is 1.56. The molecular weight excluding hydrogens is 413 g/mol. The molecular formula is C19H21Cl2N7O. The second-order valence-electron chi connectivity index (χ2n) is 7.09. The minimum atomic E-state index is 0.0374. The summed E-state index contributed by atoms with van der Waals surface area (Å²) in [4.78, 5) is 25.4. The highest BCUT2D eigenvalue weighted by Crippen LogP contribution is 2.26. The molecule has 0 saturated carbocycles. The van der Waals surface area contributed by atoms with Crippen LogP contribution in [0.3, 0.4) is 0 Å². The Hall–Kier alpha value is -2.58. The first-order valence-electron chi connectivity index (χ1n) is 9.36. The Kier molecular flexibility index (Phi) is 5.73. The number of benzene rings is 1. The first-order valence-corrected chi connectivity index (χ1v) is 10.1. The normalized spacial score (nSPS) is 16.8. The van der Waals surface area contributed by atoms with Crippen LogP contribution in [-0.2, 0) is 4.79 Å². The van der Waals surface area contributed by atoms with Crippen molar-refractivity contribution in [3.8, 4) is 0 Å². The molecule has 2 aromatic heterocycles. The molecule has 1 aliphatic heterocycles. The van der Waals surface area contributed by atoms with Crippen molar-refractivity contribution >= 4 is 51.6 Å². The Morgan fingerprint density at radius 2 is 2.10 bits per heavy atom. The second-order valence-corrected chi connectivity index (χ2v) is 7.96. The Labute approximate surface area is 178 Å². The number of nitrogens with one attached hydrogen (secondary N) is 2. The van der Waals surface area contributed by atoms with E-state index in [2.05, 4.69) is 30.4 Å². The largest absolute Gasteiger partial charge is 0.376 e. The van der Waals surface area contributed by atoms with Crippen molar-refractivity contribution in [1.82, 2.24) is 25.1 Å². The number of rotatable bonds is 5. The van der Waals surface area contributed by atoms with Crippen LogP contribution < -0.4 is 10.2 Å². The van der Waals surface area contributed by atoms with Gasteiger partial charge in [-0.1, -0.05) is 23.2 Å². The zero-order valence-electron chi connectivity index (χ0n) is 15.9. The van der Waals surface area contributed by atoms with Gasteiger partial charge in [0, 0.05) is 41.9 Å². The maximum atomic E-state index is 12.8. The van der Waals surface area contributed by atoms with E-state index in [1.54, 1.807) is 24.4 Å². The predicted molar refractivity (Wildman–Crippen MR) is 115 cm³/mol. The number of nitrogens with zero attached hydrogens (tertiary/aromatic N) is 5. The maximum Gasteiger partial charge on any atom is 0.241 e. The van der Waals surface area contributed by atoms with E-state index in [1.165, 1.54) is 6.33 Å². The fraction of sp³-hybridized carbons (Fsp3) is 0.368. The van der Waals surface area contributed by atoms with E-state index in [4.69, 9.17) is 23.2 Å². The Balaban J connectivity index is 1.41. The molecule has 3 heterocycles. The van der Waals surface area contributed by atoms with E-state index in [9.17, 15) is 4.79 Å². The average molecular weight is 434 g/mol. The molecule has 152 valence electrons. The van der Waals surface area contributed by atoms with Gasteiger partial charge in [-0.25, -0.2) is 9.97 Å². The fourth-order valence-corrected chi connectivity index (χ4v) is 4.18. The number of aromatic amines is 1. The van der Waals surface area contributed by atoms with E-state index in [1.807, 2.05) is 11.9 Å². The zero-order valence-corrected chi connectivity index (χ0v) is 17.4. The van der Waals surface area contributed by atoms with Crippen molar-refractivity contribution in [1.29, 1.82) is 0 Å². The molecule has 1 fully saturated rings. The number of H-pyrrole nitrogens is 1. The molecule has 1 atom stereocenters. The van der Waals surface area contributed by atoms with Crippen molar-refractivity contribution in [3.05, 3.63) is 40.8 Å². The van der Waals surface area contributed by atoms with Crippen LogP contribution in [0.15, 0.2) is 30.7 Å². The molecule has 4 rings (SSSR count). The molecule has 1 aromatic carbocycles. The van der Waals surface area contributed by atoms with E-state index >= 15 is 0 Å². The molecule has 0 spiro atoms. The number of halogens is 2. The number of aromatic nitrogens is 4. The number of hydrogen-bond acceptors (Lipinski definition) is 6. The van der Waals surface area contributed by atoms with Gasteiger partial charge < -0.3 is 15.1 Å². The van der Waals surface area contributed by atoms with Gasteiger partial charge in [-0.15, -0.1) is 0 Å². The third-order valence-corrected chi connectivity index (χ3v) is 5.60. The minimum absolute atomic E-state index is 0.0374. The molecule has 8 nitrogen and oxygen atoms in total. The summed E-state index contributed by atoms with van der Waals surface area (Å²) in [7, 11) is 2.00. The molecule has 0 radical (unpaired) electrons. The van der Waals surface area contributed by atoms with Gasteiger partial charge in [-0.2, -0.15) is 5.10 Å². The van der Waals surface area contributed by atoms with Crippen LogP contribution in [0.4, 0.5) is 11.5 Å². The molecule has 29 heavy (non-hydrogen) atoms. The van der Waals surface area contributed by atoms with Gasteiger partial charge in [0.15, 0.2) is 5.65 Å². The van der Waals surface area contributed by atoms with Gasteiger partial charge in [0.05, 0.1) is 18.1 Å². The van der Waals surface area contributed by atoms with Crippen molar-refractivity contribution in [3.63, 3.8) is 0 Å². The van der Waals surface area contributed by atoms with E-state index < -0.39 is 0 Å². The summed E-state index contributed by atoms with van der Waals surface area (Å²) in [5, 5.41) is 12.0. The number of fused-ring (bicyclic) bond motifs is 1. The Morgan fingerprint density at radius 3 is 2.90 bits per heavy atom. The van der Waals surface area contributed by atoms with Crippen LogP contribution in [0.5, 0.6) is 0 Å². The van der Waals surface area contributed by atoms with Crippen molar-refractivity contribution in [2.24, 2.45) is 0 Å². The summed E-state index contributed by atoms with van der Waals surface area (Å²) >= 11 is 12.0. The fourth-order valence-electron chi connectivity index (χ4n) is 3.65. The molecule has 1 aliphatic rings. The number of hydrogen-bond donors (Lipinski definition) is 2. The van der Waals surface area contributed by atoms with Crippen LogP contribution in [0.2, 0.25) is 10.0 Å². The minimum Gasteiger partial charge on any atom is -0.376 e. The van der Waals surface area contributed by atoms with Gasteiger partial charge in [-0.3, -0.25) is 9.89 Å². The average Bonchev–Trinajstić information content (AvgIpc) is 3.20. The first kappa shape index (κ1) is 19.7. The van der Waals surface area contributed by atoms with E-state index in [0.717, 1.165) is 36.3 Å². The standard InChI is InChI=1S/C19H21Cl2N7O/c1-27(19-16-8-25-26-18(16)23-11-24-19)15-3-2-4-28(10-15)17(29)9-22-14-6-12(20)5-13(21)7-14/h5-8,11,15,22H,2-4,9-10H2,1H3,(H,23,24,25,26). The quantitative estimate of drug-likeness (QED) is 0.641. The van der Waals surface area contributed by atoms with Crippen LogP contribution in [0.25, 0.3) is 11.0 Å². The molecule has 0 aliphatic carbocycles. The number of likely N-dealkylation sites (tertiary alicyclic amines) is 1. The molecule has 3 aromatic rings. The van der Waals surface area contributed by atoms with Crippen molar-refractivity contribution in [2.75, 3.05) is 36.9 Å². The lowest BCUT2D eigenvalue weighted by molar-refractivity contribution is -0.130. The monoisotopic (exact) mass is 433 g/mol. The smallest absolute Gasteiger partial charge is 0.241 e. The van der Waals surface area contributed by atoms with Gasteiger partial charge in [0.2, 0.25) is 5.91 Å². The van der Waals surface area contributed by atoms with Gasteiger partial charge in [0.1, 0.15) is 12.1 Å². The number of piperidine rings is 1. The summed E-state index contributed by atoms with van der Waals surface area (Å²) < 4.78 is 0. The topological polar surface area (TPSA) is 90.0 Å². The summed E-state index contributed by atoms with van der Waals surface area (Å²) in [5.74, 6) is 0.852.